The highest BCUT2D eigenvalue weighted by Gasteiger charge is 2.11. The molecule has 0 aliphatic carbocycles. The molecule has 23 heavy (non-hydrogen) atoms. The first-order valence-electron chi connectivity index (χ1n) is 7.00. The van der Waals surface area contributed by atoms with Crippen LogP contribution in [0.2, 0.25) is 5.02 Å². The smallest absolute Gasteiger partial charge is 0.273 e. The van der Waals surface area contributed by atoms with E-state index in [1.165, 1.54) is 19.4 Å². The predicted molar refractivity (Wildman–Crippen MR) is 92.0 cm³/mol. The van der Waals surface area contributed by atoms with E-state index in [2.05, 4.69) is 5.10 Å². The second kappa shape index (κ2) is 7.19. The second-order valence-electron chi connectivity index (χ2n) is 4.82. The fourth-order valence-corrected chi connectivity index (χ4v) is 2.34. The fourth-order valence-electron chi connectivity index (χ4n) is 2.07. The average molecular weight is 336 g/mol. The summed E-state index contributed by atoms with van der Waals surface area (Å²) in [5.74, 6) is 1.22. The zero-order valence-corrected chi connectivity index (χ0v) is 13.9. The molecule has 122 valence electrons. The Morgan fingerprint density at radius 2 is 2.09 bits per heavy atom. The minimum atomic E-state index is -0.303. The van der Waals surface area contributed by atoms with Crippen LogP contribution < -0.4 is 20.8 Å². The molecule has 1 aromatic heterocycles. The van der Waals surface area contributed by atoms with Gasteiger partial charge in [-0.1, -0.05) is 11.6 Å². The summed E-state index contributed by atoms with van der Waals surface area (Å²) in [5.41, 5.74) is 6.95. The van der Waals surface area contributed by atoms with E-state index in [1.54, 1.807) is 25.1 Å². The largest absolute Gasteiger partial charge is 0.493 e. The Bertz CT molecular complexity index is 800. The van der Waals surface area contributed by atoms with E-state index in [4.69, 9.17) is 26.8 Å². The number of anilines is 1. The molecule has 7 heteroatoms. The van der Waals surface area contributed by atoms with Crippen molar-refractivity contribution in [2.75, 3.05) is 19.5 Å². The van der Waals surface area contributed by atoms with Crippen molar-refractivity contribution in [1.29, 1.82) is 0 Å². The maximum Gasteiger partial charge on any atom is 0.273 e. The summed E-state index contributed by atoms with van der Waals surface area (Å²) in [7, 11) is 1.53. The van der Waals surface area contributed by atoms with Crippen LogP contribution in [0, 0.1) is 6.92 Å². The summed E-state index contributed by atoms with van der Waals surface area (Å²) in [6, 6.07) is 6.52. The van der Waals surface area contributed by atoms with Crippen molar-refractivity contribution >= 4 is 23.6 Å². The number of hydrogen-bond acceptors (Lipinski definition) is 5. The number of benzene rings is 1. The zero-order valence-electron chi connectivity index (χ0n) is 13.2. The molecule has 0 spiro atoms. The summed E-state index contributed by atoms with van der Waals surface area (Å²) in [5, 5.41) is 4.51. The molecule has 0 fully saturated rings. The van der Waals surface area contributed by atoms with Gasteiger partial charge >= 0.3 is 0 Å². The van der Waals surface area contributed by atoms with Crippen molar-refractivity contribution < 1.29 is 9.47 Å². The highest BCUT2D eigenvalue weighted by atomic mass is 35.5. The Hall–Kier alpha value is -2.47. The maximum atomic E-state index is 11.9. The minimum absolute atomic E-state index is 0.259. The van der Waals surface area contributed by atoms with Crippen molar-refractivity contribution in [2.24, 2.45) is 5.10 Å². The Labute approximate surface area is 139 Å². The van der Waals surface area contributed by atoms with Crippen LogP contribution in [0.3, 0.4) is 0 Å². The molecule has 2 aromatic rings. The molecule has 1 aromatic carbocycles. The van der Waals surface area contributed by atoms with Crippen LogP contribution in [0.15, 0.2) is 34.2 Å². The number of pyridine rings is 1. The van der Waals surface area contributed by atoms with E-state index in [-0.39, 0.29) is 11.4 Å². The third-order valence-electron chi connectivity index (χ3n) is 3.04. The third-order valence-corrected chi connectivity index (χ3v) is 3.32. The number of hydrogen-bond donors (Lipinski definition) is 1. The van der Waals surface area contributed by atoms with Gasteiger partial charge in [0.15, 0.2) is 11.5 Å². The van der Waals surface area contributed by atoms with Gasteiger partial charge in [0.1, 0.15) is 5.82 Å². The monoisotopic (exact) mass is 335 g/mol. The van der Waals surface area contributed by atoms with Crippen LogP contribution in [0.1, 0.15) is 18.1 Å². The third kappa shape index (κ3) is 3.84. The lowest BCUT2D eigenvalue weighted by atomic mass is 10.2. The Morgan fingerprint density at radius 1 is 1.35 bits per heavy atom. The molecular weight excluding hydrogens is 318 g/mol. The van der Waals surface area contributed by atoms with Crippen LogP contribution in [0.5, 0.6) is 11.5 Å². The van der Waals surface area contributed by atoms with E-state index >= 15 is 0 Å². The molecule has 2 rings (SSSR count). The number of aromatic nitrogens is 1. The summed E-state index contributed by atoms with van der Waals surface area (Å²) < 4.78 is 11.8. The van der Waals surface area contributed by atoms with Gasteiger partial charge in [-0.15, -0.1) is 0 Å². The van der Waals surface area contributed by atoms with Crippen molar-refractivity contribution in [3.63, 3.8) is 0 Å². The highest BCUT2D eigenvalue weighted by molar-refractivity contribution is 6.32. The molecule has 6 nitrogen and oxygen atoms in total. The van der Waals surface area contributed by atoms with Crippen molar-refractivity contribution in [1.82, 2.24) is 4.68 Å². The van der Waals surface area contributed by atoms with Crippen molar-refractivity contribution in [3.05, 3.63) is 50.8 Å². The zero-order chi connectivity index (χ0) is 17.0. The standard InChI is InChI=1S/C16H18ClN3O3/c1-4-23-16-12(17)7-11(8-13(16)22-3)9-19-20-14(18)5-10(2)6-15(20)21/h5-9H,4,18H2,1-3H3/b19-9-. The molecule has 0 amide bonds. The molecule has 0 radical (unpaired) electrons. The summed E-state index contributed by atoms with van der Waals surface area (Å²) in [6.45, 7) is 4.12. The molecule has 0 saturated heterocycles. The van der Waals surface area contributed by atoms with Gasteiger partial charge in [0.2, 0.25) is 0 Å². The Kier molecular flexibility index (Phi) is 5.28. The van der Waals surface area contributed by atoms with Gasteiger partial charge in [-0.25, -0.2) is 0 Å². The fraction of sp³-hybridized carbons (Fsp3) is 0.250. The second-order valence-corrected chi connectivity index (χ2v) is 5.23. The molecule has 0 aliphatic heterocycles. The molecule has 0 bridgehead atoms. The van der Waals surface area contributed by atoms with Crippen LogP contribution in [-0.2, 0) is 0 Å². The van der Waals surface area contributed by atoms with E-state index < -0.39 is 0 Å². The van der Waals surface area contributed by atoms with Crippen LogP contribution in [-0.4, -0.2) is 24.6 Å². The molecule has 0 atom stereocenters. The number of halogens is 1. The lowest BCUT2D eigenvalue weighted by molar-refractivity contribution is 0.311. The number of nitrogens with two attached hydrogens (primary N) is 1. The van der Waals surface area contributed by atoms with Gasteiger partial charge in [0, 0.05) is 6.07 Å². The van der Waals surface area contributed by atoms with E-state index in [0.717, 1.165) is 10.2 Å². The Morgan fingerprint density at radius 3 is 2.70 bits per heavy atom. The number of aryl methyl sites for hydroxylation is 1. The summed E-state index contributed by atoms with van der Waals surface area (Å²) in [6.07, 6.45) is 1.48. The highest BCUT2D eigenvalue weighted by Crippen LogP contribution is 2.35. The minimum Gasteiger partial charge on any atom is -0.493 e. The molecule has 2 N–H and O–H groups in total. The van der Waals surface area contributed by atoms with E-state index in [1.807, 2.05) is 6.92 Å². The van der Waals surface area contributed by atoms with Crippen LogP contribution >= 0.6 is 11.6 Å². The lowest BCUT2D eigenvalue weighted by Crippen LogP contribution is -2.19. The van der Waals surface area contributed by atoms with Crippen LogP contribution in [0.4, 0.5) is 5.82 Å². The Balaban J connectivity index is 2.41. The lowest BCUT2D eigenvalue weighted by Gasteiger charge is -2.11. The van der Waals surface area contributed by atoms with Gasteiger partial charge in [0.25, 0.3) is 5.56 Å². The maximum absolute atomic E-state index is 11.9. The quantitative estimate of drug-likeness (QED) is 0.852. The SMILES string of the molecule is CCOc1c(Cl)cc(/C=N\n2c(N)cc(C)cc2=O)cc1OC. The van der Waals surface area contributed by atoms with Gasteiger partial charge in [-0.3, -0.25) is 4.79 Å². The van der Waals surface area contributed by atoms with Crippen LogP contribution in [0.25, 0.3) is 0 Å². The number of rotatable bonds is 5. The summed E-state index contributed by atoms with van der Waals surface area (Å²) in [4.78, 5) is 11.9. The first-order valence-corrected chi connectivity index (χ1v) is 7.38. The first kappa shape index (κ1) is 16.9. The van der Waals surface area contributed by atoms with E-state index in [9.17, 15) is 4.79 Å². The normalized spacial score (nSPS) is 11.0. The topological polar surface area (TPSA) is 78.8 Å². The van der Waals surface area contributed by atoms with Gasteiger partial charge in [0.05, 0.1) is 25.0 Å². The van der Waals surface area contributed by atoms with E-state index in [0.29, 0.717) is 28.7 Å². The number of nitrogen functional groups attached to an aromatic ring is 1. The number of methoxy groups -OCH3 is 1. The molecule has 0 aliphatic rings. The van der Waals surface area contributed by atoms with Gasteiger partial charge in [-0.05, 0) is 43.2 Å². The van der Waals surface area contributed by atoms with Crippen molar-refractivity contribution in [2.45, 2.75) is 13.8 Å². The van der Waals surface area contributed by atoms with Gasteiger partial charge < -0.3 is 15.2 Å². The molecule has 0 unspecified atom stereocenters. The first-order chi connectivity index (χ1) is 11.0. The number of ether oxygens (including phenoxy) is 2. The molecule has 1 heterocycles. The number of nitrogens with zero attached hydrogens (tertiary/aromatic N) is 2. The van der Waals surface area contributed by atoms with Crippen molar-refractivity contribution in [3.8, 4) is 11.5 Å². The predicted octanol–water partition coefficient (Wildman–Crippen LogP) is 2.68. The van der Waals surface area contributed by atoms with Gasteiger partial charge in [-0.2, -0.15) is 9.78 Å². The average Bonchev–Trinajstić information content (AvgIpc) is 2.48. The molecule has 0 saturated carbocycles. The summed E-state index contributed by atoms with van der Waals surface area (Å²) >= 11 is 6.20. The molecular formula is C16H18ClN3O3.